The van der Waals surface area contributed by atoms with E-state index in [0.717, 1.165) is 6.54 Å². The fraction of sp³-hybridized carbons (Fsp3) is 0.556. The lowest BCUT2D eigenvalue weighted by Crippen LogP contribution is -2.42. The van der Waals surface area contributed by atoms with E-state index in [0.29, 0.717) is 13.2 Å². The van der Waals surface area contributed by atoms with Crippen molar-refractivity contribution < 1.29 is 9.13 Å². The molecule has 0 aromatic heterocycles. The average Bonchev–Trinajstić information content (AvgIpc) is 2.44. The zero-order valence-electron chi connectivity index (χ0n) is 7.09. The molecule has 0 N–H and O–H groups in total. The third-order valence-corrected chi connectivity index (χ3v) is 2.45. The van der Waals surface area contributed by atoms with Crippen LogP contribution in [0.4, 0.5) is 4.39 Å². The summed E-state index contributed by atoms with van der Waals surface area (Å²) < 4.78 is 18.0. The van der Waals surface area contributed by atoms with Crippen LogP contribution in [0.15, 0.2) is 24.1 Å². The number of hydrogen-bond acceptors (Lipinski definition) is 2. The molecule has 2 aliphatic heterocycles. The predicted molar refractivity (Wildman–Crippen MR) is 44.5 cm³/mol. The van der Waals surface area contributed by atoms with Gasteiger partial charge in [-0.2, -0.15) is 0 Å². The normalized spacial score (nSPS) is 34.0. The van der Waals surface area contributed by atoms with Crippen LogP contribution in [0.25, 0.3) is 0 Å². The average molecular weight is 169 g/mol. The Balaban J connectivity index is 2.24. The molecule has 0 radical (unpaired) electrons. The summed E-state index contributed by atoms with van der Waals surface area (Å²) in [7, 11) is 1.64. The molecule has 3 heteroatoms. The molecule has 12 heavy (non-hydrogen) atoms. The van der Waals surface area contributed by atoms with E-state index in [2.05, 4.69) is 11.0 Å². The van der Waals surface area contributed by atoms with Gasteiger partial charge in [-0.25, -0.2) is 4.39 Å². The van der Waals surface area contributed by atoms with E-state index < -0.39 is 0 Å². The van der Waals surface area contributed by atoms with E-state index >= 15 is 0 Å². The molecule has 0 saturated heterocycles. The Morgan fingerprint density at radius 1 is 1.75 bits per heavy atom. The standard InChI is InChI=1S/C9H12FNO/c1-12-7-9-3-2-4-11(9)6-8(10)5-9/h2-3,5H,4,6-7H2,1H3/t9-/m0/s1. The first-order valence-electron chi connectivity index (χ1n) is 4.06. The SMILES string of the molecule is COC[C@@]12C=CCN1CC(F)=C2. The fourth-order valence-corrected chi connectivity index (χ4v) is 1.92. The van der Waals surface area contributed by atoms with Gasteiger partial charge < -0.3 is 4.74 Å². The highest BCUT2D eigenvalue weighted by Crippen LogP contribution is 2.32. The Morgan fingerprint density at radius 3 is 3.33 bits per heavy atom. The van der Waals surface area contributed by atoms with Gasteiger partial charge in [0.25, 0.3) is 0 Å². The highest BCUT2D eigenvalue weighted by atomic mass is 19.1. The van der Waals surface area contributed by atoms with Gasteiger partial charge in [0.15, 0.2) is 0 Å². The first-order chi connectivity index (χ1) is 5.77. The maximum atomic E-state index is 12.9. The lowest BCUT2D eigenvalue weighted by atomic mass is 10.0. The number of methoxy groups -OCH3 is 1. The number of fused-ring (bicyclic) bond motifs is 1. The number of hydrogen-bond donors (Lipinski definition) is 0. The molecule has 1 atom stereocenters. The van der Waals surface area contributed by atoms with Crippen molar-refractivity contribution in [2.24, 2.45) is 0 Å². The van der Waals surface area contributed by atoms with Crippen LogP contribution in [-0.4, -0.2) is 37.2 Å². The minimum absolute atomic E-state index is 0.0450. The Bertz CT molecular complexity index is 249. The highest BCUT2D eigenvalue weighted by molar-refractivity contribution is 5.32. The van der Waals surface area contributed by atoms with Crippen LogP contribution in [0.3, 0.4) is 0 Å². The molecule has 2 nitrogen and oxygen atoms in total. The predicted octanol–water partition coefficient (Wildman–Crippen LogP) is 1.11. The lowest BCUT2D eigenvalue weighted by Gasteiger charge is -2.28. The van der Waals surface area contributed by atoms with Gasteiger partial charge in [0.05, 0.1) is 18.7 Å². The van der Waals surface area contributed by atoms with E-state index in [1.165, 1.54) is 0 Å². The van der Waals surface area contributed by atoms with Crippen molar-refractivity contribution >= 4 is 0 Å². The smallest absolute Gasteiger partial charge is 0.112 e. The quantitative estimate of drug-likeness (QED) is 0.574. The van der Waals surface area contributed by atoms with Gasteiger partial charge >= 0.3 is 0 Å². The summed E-state index contributed by atoms with van der Waals surface area (Å²) in [5, 5.41) is 0. The van der Waals surface area contributed by atoms with E-state index in [-0.39, 0.29) is 11.4 Å². The molecule has 2 heterocycles. The maximum absolute atomic E-state index is 12.9. The molecule has 0 unspecified atom stereocenters. The second-order valence-electron chi connectivity index (χ2n) is 3.30. The van der Waals surface area contributed by atoms with Gasteiger partial charge in [0, 0.05) is 13.7 Å². The van der Waals surface area contributed by atoms with Crippen LogP contribution in [0, 0.1) is 0 Å². The van der Waals surface area contributed by atoms with Gasteiger partial charge in [0.1, 0.15) is 5.83 Å². The molecular formula is C9H12FNO. The first kappa shape index (κ1) is 7.95. The molecule has 2 rings (SSSR count). The van der Waals surface area contributed by atoms with Crippen molar-refractivity contribution in [3.05, 3.63) is 24.1 Å². The van der Waals surface area contributed by atoms with E-state index in [1.807, 2.05) is 6.08 Å². The summed E-state index contributed by atoms with van der Waals surface area (Å²) in [5.74, 6) is -0.0450. The van der Waals surface area contributed by atoms with Crippen molar-refractivity contribution in [1.82, 2.24) is 4.90 Å². The van der Waals surface area contributed by atoms with Crippen LogP contribution in [0.1, 0.15) is 0 Å². The molecule has 2 aliphatic rings. The Labute approximate surface area is 71.3 Å². The second kappa shape index (κ2) is 2.68. The zero-order valence-corrected chi connectivity index (χ0v) is 7.09. The molecule has 0 aliphatic carbocycles. The summed E-state index contributed by atoms with van der Waals surface area (Å²) in [6, 6.07) is 0. The van der Waals surface area contributed by atoms with E-state index in [1.54, 1.807) is 13.2 Å². The monoisotopic (exact) mass is 169 g/mol. The summed E-state index contributed by atoms with van der Waals surface area (Å²) in [5.41, 5.74) is -0.279. The number of halogens is 1. The highest BCUT2D eigenvalue weighted by Gasteiger charge is 2.40. The Kier molecular flexibility index (Phi) is 1.77. The molecule has 0 aromatic rings. The van der Waals surface area contributed by atoms with E-state index in [4.69, 9.17) is 4.74 Å². The minimum atomic E-state index is -0.279. The van der Waals surface area contributed by atoms with Crippen LogP contribution < -0.4 is 0 Å². The van der Waals surface area contributed by atoms with Gasteiger partial charge in [-0.3, -0.25) is 4.90 Å². The second-order valence-corrected chi connectivity index (χ2v) is 3.30. The van der Waals surface area contributed by atoms with Gasteiger partial charge in [0.2, 0.25) is 0 Å². The first-order valence-corrected chi connectivity index (χ1v) is 4.06. The van der Waals surface area contributed by atoms with Gasteiger partial charge in [-0.05, 0) is 6.08 Å². The third-order valence-electron chi connectivity index (χ3n) is 2.45. The van der Waals surface area contributed by atoms with Crippen LogP contribution in [-0.2, 0) is 4.74 Å². The largest absolute Gasteiger partial charge is 0.382 e. The molecule has 0 fully saturated rings. The van der Waals surface area contributed by atoms with Crippen molar-refractivity contribution in [1.29, 1.82) is 0 Å². The zero-order chi connectivity index (χ0) is 8.60. The maximum Gasteiger partial charge on any atom is 0.112 e. The van der Waals surface area contributed by atoms with Crippen LogP contribution >= 0.6 is 0 Å². The Hall–Kier alpha value is -0.670. The molecule has 66 valence electrons. The van der Waals surface area contributed by atoms with Crippen molar-refractivity contribution in [2.75, 3.05) is 26.8 Å². The minimum Gasteiger partial charge on any atom is -0.382 e. The summed E-state index contributed by atoms with van der Waals surface area (Å²) in [4.78, 5) is 2.06. The Morgan fingerprint density at radius 2 is 2.58 bits per heavy atom. The third kappa shape index (κ3) is 1.01. The van der Waals surface area contributed by atoms with Crippen molar-refractivity contribution in [2.45, 2.75) is 5.54 Å². The molecule has 0 saturated carbocycles. The fourth-order valence-electron chi connectivity index (χ4n) is 1.92. The summed E-state index contributed by atoms with van der Waals surface area (Å²) in [6.45, 7) is 1.79. The topological polar surface area (TPSA) is 12.5 Å². The molecular weight excluding hydrogens is 157 g/mol. The molecule has 0 aromatic carbocycles. The van der Waals surface area contributed by atoms with Crippen LogP contribution in [0.5, 0.6) is 0 Å². The van der Waals surface area contributed by atoms with Crippen LogP contribution in [0.2, 0.25) is 0 Å². The lowest BCUT2D eigenvalue weighted by molar-refractivity contribution is 0.102. The van der Waals surface area contributed by atoms with Crippen molar-refractivity contribution in [3.8, 4) is 0 Å². The van der Waals surface area contributed by atoms with E-state index in [9.17, 15) is 4.39 Å². The molecule has 0 bridgehead atoms. The van der Waals surface area contributed by atoms with Gasteiger partial charge in [-0.15, -0.1) is 0 Å². The number of ether oxygens (including phenoxy) is 1. The summed E-state index contributed by atoms with van der Waals surface area (Å²) in [6.07, 6.45) is 5.73. The molecule has 0 amide bonds. The number of nitrogens with zero attached hydrogens (tertiary/aromatic N) is 1. The van der Waals surface area contributed by atoms with Gasteiger partial charge in [-0.1, -0.05) is 12.2 Å². The van der Waals surface area contributed by atoms with Crippen molar-refractivity contribution in [3.63, 3.8) is 0 Å². The number of rotatable bonds is 2. The molecule has 0 spiro atoms. The summed E-state index contributed by atoms with van der Waals surface area (Å²) >= 11 is 0.